The van der Waals surface area contributed by atoms with Crippen molar-refractivity contribution in [1.82, 2.24) is 0 Å². The molecule has 0 saturated heterocycles. The summed E-state index contributed by atoms with van der Waals surface area (Å²) in [6, 6.07) is 0. The van der Waals surface area contributed by atoms with Gasteiger partial charge in [-0.25, -0.2) is 9.13 Å². The molecular weight excluding hydrogens is 1340 g/mol. The fraction of sp³-hybridized carbons (Fsp3) is 0.952. The number of carbonyl (C=O) groups is 4. The van der Waals surface area contributed by atoms with Crippen molar-refractivity contribution in [3.63, 3.8) is 0 Å². The van der Waals surface area contributed by atoms with Crippen molar-refractivity contribution in [3.05, 3.63) is 0 Å². The van der Waals surface area contributed by atoms with Crippen LogP contribution in [0, 0.1) is 5.92 Å². The number of esters is 4. The molecule has 0 aromatic carbocycles. The van der Waals surface area contributed by atoms with Gasteiger partial charge >= 0.3 is 39.5 Å². The SMILES string of the molecule is CCCCCCCCCCCCCCCCCCCCCC(=O)O[C@H](COC(=O)CCCCCCCCCCCCCCCCC(C)CC)COP(=O)(O)OC[C@@H](O)COP(=O)(O)OC[C@@H](COC(=O)CCCCCCCCCCC)OC(=O)CCCCCCCCCCCCCCCCCCC. The lowest BCUT2D eigenvalue weighted by Gasteiger charge is -2.21. The van der Waals surface area contributed by atoms with E-state index in [4.69, 9.17) is 37.0 Å². The minimum atomic E-state index is -4.96. The molecule has 17 nitrogen and oxygen atoms in total. The van der Waals surface area contributed by atoms with Crippen LogP contribution in [0.5, 0.6) is 0 Å². The van der Waals surface area contributed by atoms with Crippen molar-refractivity contribution in [2.24, 2.45) is 5.92 Å². The van der Waals surface area contributed by atoms with Gasteiger partial charge in [-0.2, -0.15) is 0 Å². The molecule has 0 fully saturated rings. The number of phosphoric acid groups is 2. The van der Waals surface area contributed by atoms with E-state index >= 15 is 0 Å². The molecule has 0 amide bonds. The normalized spacial score (nSPS) is 14.1. The highest BCUT2D eigenvalue weighted by Crippen LogP contribution is 2.45. The fourth-order valence-electron chi connectivity index (χ4n) is 13.1. The Morgan fingerprint density at radius 3 is 0.689 bits per heavy atom. The van der Waals surface area contributed by atoms with Gasteiger partial charge in [0.15, 0.2) is 12.2 Å². The second-order valence-corrected chi connectivity index (χ2v) is 33.4. The quantitative estimate of drug-likeness (QED) is 0.0222. The van der Waals surface area contributed by atoms with Crippen LogP contribution >= 0.6 is 15.6 Å². The highest BCUT2D eigenvalue weighted by Gasteiger charge is 2.30. The van der Waals surface area contributed by atoms with Gasteiger partial charge in [0, 0.05) is 25.7 Å². The first-order valence-corrected chi connectivity index (χ1v) is 46.7. The number of aliphatic hydroxyl groups is 1. The van der Waals surface area contributed by atoms with E-state index in [-0.39, 0.29) is 25.7 Å². The zero-order valence-corrected chi connectivity index (χ0v) is 69.3. The zero-order chi connectivity index (χ0) is 75.5. The van der Waals surface area contributed by atoms with Crippen molar-refractivity contribution in [3.8, 4) is 0 Å². The lowest BCUT2D eigenvalue weighted by molar-refractivity contribution is -0.161. The summed E-state index contributed by atoms with van der Waals surface area (Å²) in [5.41, 5.74) is 0. The number of ether oxygens (including phenoxy) is 4. The van der Waals surface area contributed by atoms with Gasteiger partial charge in [-0.15, -0.1) is 0 Å². The summed E-state index contributed by atoms with van der Waals surface area (Å²) < 4.78 is 68.8. The van der Waals surface area contributed by atoms with E-state index < -0.39 is 97.5 Å². The summed E-state index contributed by atoms with van der Waals surface area (Å²) in [7, 11) is -9.92. The molecule has 0 aliphatic carbocycles. The van der Waals surface area contributed by atoms with Gasteiger partial charge in [-0.3, -0.25) is 37.3 Å². The maximum Gasteiger partial charge on any atom is 0.472 e. The van der Waals surface area contributed by atoms with E-state index in [2.05, 4.69) is 34.6 Å². The van der Waals surface area contributed by atoms with Crippen LogP contribution in [0.4, 0.5) is 0 Å². The van der Waals surface area contributed by atoms with Crippen LogP contribution in [0.1, 0.15) is 452 Å². The molecule has 0 aliphatic heterocycles. The van der Waals surface area contributed by atoms with E-state index in [1.54, 1.807) is 0 Å². The lowest BCUT2D eigenvalue weighted by atomic mass is 9.99. The number of unbranched alkanes of at least 4 members (excludes halogenated alkanes) is 55. The average Bonchev–Trinajstić information content (AvgIpc) is 0.935. The first-order chi connectivity index (χ1) is 50.1. The number of aliphatic hydroxyl groups excluding tert-OH is 1. The molecule has 0 radical (unpaired) electrons. The van der Waals surface area contributed by atoms with Crippen LogP contribution in [0.2, 0.25) is 0 Å². The third-order valence-corrected chi connectivity index (χ3v) is 22.0. The first-order valence-electron chi connectivity index (χ1n) is 43.7. The number of hydrogen-bond donors (Lipinski definition) is 3. The molecule has 0 bridgehead atoms. The van der Waals surface area contributed by atoms with Crippen LogP contribution in [-0.2, 0) is 65.4 Å². The average molecular weight is 1510 g/mol. The van der Waals surface area contributed by atoms with Gasteiger partial charge in [-0.05, 0) is 31.6 Å². The second kappa shape index (κ2) is 76.8. The van der Waals surface area contributed by atoms with E-state index in [0.717, 1.165) is 95.8 Å². The van der Waals surface area contributed by atoms with Crippen LogP contribution in [0.3, 0.4) is 0 Å². The number of carbonyl (C=O) groups excluding carboxylic acids is 4. The van der Waals surface area contributed by atoms with Gasteiger partial charge in [0.05, 0.1) is 26.4 Å². The van der Waals surface area contributed by atoms with Gasteiger partial charge in [-0.1, -0.05) is 401 Å². The minimum absolute atomic E-state index is 0.109. The van der Waals surface area contributed by atoms with Gasteiger partial charge in [0.2, 0.25) is 0 Å². The highest BCUT2D eigenvalue weighted by molar-refractivity contribution is 7.47. The molecule has 0 spiro atoms. The highest BCUT2D eigenvalue weighted by atomic mass is 31.2. The summed E-state index contributed by atoms with van der Waals surface area (Å²) in [6.45, 7) is 7.40. The third kappa shape index (κ3) is 76.6. The van der Waals surface area contributed by atoms with Gasteiger partial charge in [0.1, 0.15) is 19.3 Å². The number of phosphoric ester groups is 2. The minimum Gasteiger partial charge on any atom is -0.462 e. The molecule has 3 unspecified atom stereocenters. The van der Waals surface area contributed by atoms with Crippen molar-refractivity contribution in [2.45, 2.75) is 470 Å². The molecule has 0 rings (SSSR count). The van der Waals surface area contributed by atoms with E-state index in [1.165, 1.54) is 276 Å². The predicted octanol–water partition coefficient (Wildman–Crippen LogP) is 25.6. The Labute approximate surface area is 632 Å². The zero-order valence-electron chi connectivity index (χ0n) is 67.5. The smallest absolute Gasteiger partial charge is 0.462 e. The predicted molar refractivity (Wildman–Crippen MR) is 423 cm³/mol. The molecule has 103 heavy (non-hydrogen) atoms. The molecule has 0 aliphatic rings. The van der Waals surface area contributed by atoms with E-state index in [1.807, 2.05) is 0 Å². The molecule has 612 valence electrons. The van der Waals surface area contributed by atoms with Crippen LogP contribution < -0.4 is 0 Å². The molecule has 3 N–H and O–H groups in total. The molecule has 6 atom stereocenters. The maximum atomic E-state index is 13.1. The summed E-state index contributed by atoms with van der Waals surface area (Å²) >= 11 is 0. The molecule has 0 aromatic rings. The van der Waals surface area contributed by atoms with Gasteiger partial charge < -0.3 is 33.8 Å². The topological polar surface area (TPSA) is 237 Å². The Bertz CT molecular complexity index is 1960. The van der Waals surface area contributed by atoms with Crippen LogP contribution in [-0.4, -0.2) is 96.7 Å². The lowest BCUT2D eigenvalue weighted by Crippen LogP contribution is -2.30. The largest absolute Gasteiger partial charge is 0.472 e. The first kappa shape index (κ1) is 101. The van der Waals surface area contributed by atoms with E-state index in [9.17, 15) is 43.2 Å². The Kier molecular flexibility index (Phi) is 75.4. The monoisotopic (exact) mass is 1510 g/mol. The Morgan fingerprint density at radius 1 is 0.272 bits per heavy atom. The van der Waals surface area contributed by atoms with Crippen molar-refractivity contribution < 1.29 is 80.2 Å². The van der Waals surface area contributed by atoms with Crippen LogP contribution in [0.25, 0.3) is 0 Å². The Morgan fingerprint density at radius 2 is 0.466 bits per heavy atom. The summed E-state index contributed by atoms with van der Waals surface area (Å²) in [5, 5.41) is 10.7. The van der Waals surface area contributed by atoms with Crippen molar-refractivity contribution in [2.75, 3.05) is 39.6 Å². The number of hydrogen-bond acceptors (Lipinski definition) is 15. The summed E-state index contributed by atoms with van der Waals surface area (Å²) in [4.78, 5) is 73.1. The Balaban J connectivity index is 5.22. The summed E-state index contributed by atoms with van der Waals surface area (Å²) in [5.74, 6) is -1.25. The molecule has 0 saturated carbocycles. The third-order valence-electron chi connectivity index (χ3n) is 20.1. The standard InChI is InChI=1S/C84H164O17P2/c1-6-10-13-16-19-22-24-26-28-30-31-33-35-41-45-50-55-60-65-70-84(89)101-80(74-95-82(87)68-63-58-53-48-43-39-37-36-38-42-47-51-56-61-66-77(5)9-4)76-99-103(92,93)97-72-78(85)71-96-102(90,91)98-75-79(73-94-81(86)67-62-57-52-46-21-18-15-12-8-3)100-83(88)69-64-59-54-49-44-40-34-32-29-27-25-23-20-17-14-11-7-2/h77-80,85H,6-76H2,1-5H3,(H,90,91)(H,92,93)/t77?,78-,79+,80+/m0/s1. The van der Waals surface area contributed by atoms with Crippen LogP contribution in [0.15, 0.2) is 0 Å². The maximum absolute atomic E-state index is 13.1. The second-order valence-electron chi connectivity index (χ2n) is 30.5. The van der Waals surface area contributed by atoms with Crippen molar-refractivity contribution in [1.29, 1.82) is 0 Å². The fourth-order valence-corrected chi connectivity index (χ4v) is 14.7. The van der Waals surface area contributed by atoms with E-state index in [0.29, 0.717) is 25.7 Å². The Hall–Kier alpha value is -1.94. The van der Waals surface area contributed by atoms with Gasteiger partial charge in [0.25, 0.3) is 0 Å². The van der Waals surface area contributed by atoms with Crippen molar-refractivity contribution >= 4 is 39.5 Å². The number of rotatable bonds is 84. The summed E-state index contributed by atoms with van der Waals surface area (Å²) in [6.07, 6.45) is 69.3. The molecule has 0 heterocycles. The molecule has 0 aromatic heterocycles. The molecule has 19 heteroatoms. The molecular formula is C84H164O17P2.